The molecule has 0 bridgehead atoms. The molecule has 0 saturated heterocycles. The van der Waals surface area contributed by atoms with Crippen molar-refractivity contribution in [1.82, 2.24) is 19.3 Å². The Balaban J connectivity index is 1.57. The van der Waals surface area contributed by atoms with E-state index in [0.29, 0.717) is 28.1 Å². The minimum atomic E-state index is -3.62. The van der Waals surface area contributed by atoms with Crippen LogP contribution < -0.4 is 15.8 Å². The van der Waals surface area contributed by atoms with E-state index in [0.717, 1.165) is 48.1 Å². The van der Waals surface area contributed by atoms with Gasteiger partial charge in [-0.05, 0) is 55.2 Å². The maximum Gasteiger partial charge on any atom is 0.250 e. The van der Waals surface area contributed by atoms with Crippen LogP contribution in [0.2, 0.25) is 0 Å². The molecule has 1 saturated carbocycles. The molecular formula is C28H30N6O3S. The standard InChI is InChI=1S/C28H30N6O3S/c1-17(2)28(35)32-20-12-8-19(9-13-20)25-23(24-26(29)30-16-31-27(24)34(25)3)18-10-14-22(15-11-18)38(36,37)33-21-6-4-5-7-21/h8-16,21,33H,1,4-7H2,2-3H3,(H,32,35)(H2,29,30,31). The highest BCUT2D eigenvalue weighted by atomic mass is 32.2. The Hall–Kier alpha value is -4.02. The molecule has 5 rings (SSSR count). The molecule has 0 spiro atoms. The molecule has 0 atom stereocenters. The van der Waals surface area contributed by atoms with E-state index >= 15 is 0 Å². The SMILES string of the molecule is C=C(C)C(=O)Nc1ccc(-c2c(-c3ccc(S(=O)(=O)NC4CCCC4)cc3)c3c(N)ncnc3n2C)cc1. The largest absolute Gasteiger partial charge is 0.383 e. The molecule has 9 nitrogen and oxygen atoms in total. The summed E-state index contributed by atoms with van der Waals surface area (Å²) in [5, 5.41) is 3.50. The topological polar surface area (TPSA) is 132 Å². The third kappa shape index (κ3) is 4.80. The highest BCUT2D eigenvalue weighted by Crippen LogP contribution is 2.42. The van der Waals surface area contributed by atoms with Gasteiger partial charge in [0.1, 0.15) is 17.8 Å². The molecule has 10 heteroatoms. The summed E-state index contributed by atoms with van der Waals surface area (Å²) >= 11 is 0. The number of nitrogen functional groups attached to an aromatic ring is 1. The summed E-state index contributed by atoms with van der Waals surface area (Å²) < 4.78 is 30.7. The van der Waals surface area contributed by atoms with Crippen molar-refractivity contribution >= 4 is 38.5 Å². The van der Waals surface area contributed by atoms with Crippen molar-refractivity contribution in [3.05, 3.63) is 67.0 Å². The van der Waals surface area contributed by atoms with Gasteiger partial charge in [0.2, 0.25) is 10.0 Å². The lowest BCUT2D eigenvalue weighted by Crippen LogP contribution is -2.32. The molecule has 1 fully saturated rings. The van der Waals surface area contributed by atoms with Crippen molar-refractivity contribution in [3.8, 4) is 22.4 Å². The third-order valence-corrected chi connectivity index (χ3v) is 8.47. The number of nitrogens with two attached hydrogens (primary N) is 1. The average Bonchev–Trinajstić information content (AvgIpc) is 3.51. The van der Waals surface area contributed by atoms with Gasteiger partial charge in [-0.1, -0.05) is 43.7 Å². The molecule has 1 amide bonds. The fourth-order valence-electron chi connectivity index (χ4n) is 4.98. The van der Waals surface area contributed by atoms with E-state index in [1.807, 2.05) is 35.9 Å². The van der Waals surface area contributed by atoms with Crippen molar-refractivity contribution < 1.29 is 13.2 Å². The van der Waals surface area contributed by atoms with E-state index in [1.54, 1.807) is 31.2 Å². The quantitative estimate of drug-likeness (QED) is 0.299. The first-order chi connectivity index (χ1) is 18.2. The first kappa shape index (κ1) is 25.6. The van der Waals surface area contributed by atoms with Gasteiger partial charge in [0, 0.05) is 29.9 Å². The second-order valence-corrected chi connectivity index (χ2v) is 11.4. The minimum absolute atomic E-state index is 0.00977. The van der Waals surface area contributed by atoms with Gasteiger partial charge in [-0.2, -0.15) is 0 Å². The van der Waals surface area contributed by atoms with Gasteiger partial charge >= 0.3 is 0 Å². The van der Waals surface area contributed by atoms with Crippen LogP contribution in [0, 0.1) is 0 Å². The molecule has 2 heterocycles. The van der Waals surface area contributed by atoms with Gasteiger partial charge in [-0.3, -0.25) is 4.79 Å². The Bertz CT molecular complexity index is 1630. The van der Waals surface area contributed by atoms with Crippen LogP contribution in [0.1, 0.15) is 32.6 Å². The van der Waals surface area contributed by atoms with E-state index in [2.05, 4.69) is 26.6 Å². The molecule has 4 aromatic rings. The number of amides is 1. The number of carbonyl (C=O) groups excluding carboxylic acids is 1. The van der Waals surface area contributed by atoms with Gasteiger partial charge in [-0.15, -0.1) is 0 Å². The second-order valence-electron chi connectivity index (χ2n) is 9.68. The number of rotatable bonds is 7. The number of sulfonamides is 1. The van der Waals surface area contributed by atoms with Crippen LogP contribution in [0.25, 0.3) is 33.4 Å². The predicted octanol–water partition coefficient (Wildman–Crippen LogP) is 4.62. The lowest BCUT2D eigenvalue weighted by atomic mass is 9.98. The maximum atomic E-state index is 13.0. The number of fused-ring (bicyclic) bond motifs is 1. The minimum Gasteiger partial charge on any atom is -0.383 e. The van der Waals surface area contributed by atoms with Gasteiger partial charge in [0.05, 0.1) is 16.0 Å². The number of anilines is 2. The molecule has 1 aliphatic carbocycles. The Morgan fingerprint density at radius 3 is 2.29 bits per heavy atom. The van der Waals surface area contributed by atoms with Crippen LogP contribution in [-0.4, -0.2) is 34.9 Å². The van der Waals surface area contributed by atoms with Crippen molar-refractivity contribution in [3.63, 3.8) is 0 Å². The summed E-state index contributed by atoms with van der Waals surface area (Å²) in [5.41, 5.74) is 11.3. The van der Waals surface area contributed by atoms with Crippen LogP contribution in [-0.2, 0) is 21.9 Å². The number of aromatic nitrogens is 3. The summed E-state index contributed by atoms with van der Waals surface area (Å²) in [7, 11) is -1.72. The number of benzene rings is 2. The van der Waals surface area contributed by atoms with Crippen LogP contribution in [0.5, 0.6) is 0 Å². The third-order valence-electron chi connectivity index (χ3n) is 6.93. The number of nitrogens with zero attached hydrogens (tertiary/aromatic N) is 3. The number of nitrogens with one attached hydrogen (secondary N) is 2. The molecule has 4 N–H and O–H groups in total. The summed E-state index contributed by atoms with van der Waals surface area (Å²) in [4.78, 5) is 20.9. The lowest BCUT2D eigenvalue weighted by Gasteiger charge is -2.13. The monoisotopic (exact) mass is 530 g/mol. The lowest BCUT2D eigenvalue weighted by molar-refractivity contribution is -0.112. The summed E-state index contributed by atoms with van der Waals surface area (Å²) in [5.74, 6) is 0.0837. The summed E-state index contributed by atoms with van der Waals surface area (Å²) in [6.45, 7) is 5.32. The fourth-order valence-corrected chi connectivity index (χ4v) is 6.28. The molecule has 0 radical (unpaired) electrons. The summed E-state index contributed by atoms with van der Waals surface area (Å²) in [6, 6.07) is 14.2. The van der Waals surface area contributed by atoms with E-state index in [-0.39, 0.29) is 16.8 Å². The molecule has 38 heavy (non-hydrogen) atoms. The van der Waals surface area contributed by atoms with Gasteiger partial charge in [0.25, 0.3) is 5.91 Å². The highest BCUT2D eigenvalue weighted by Gasteiger charge is 2.25. The van der Waals surface area contributed by atoms with Crippen LogP contribution >= 0.6 is 0 Å². The van der Waals surface area contributed by atoms with Crippen molar-refractivity contribution in [2.75, 3.05) is 11.1 Å². The molecule has 0 aliphatic heterocycles. The predicted molar refractivity (Wildman–Crippen MR) is 150 cm³/mol. The molecular weight excluding hydrogens is 500 g/mol. The first-order valence-corrected chi connectivity index (χ1v) is 13.9. The van der Waals surface area contributed by atoms with Crippen LogP contribution in [0.15, 0.2) is 71.9 Å². The Morgan fingerprint density at radius 1 is 1.03 bits per heavy atom. The zero-order valence-corrected chi connectivity index (χ0v) is 22.2. The smallest absolute Gasteiger partial charge is 0.250 e. The van der Waals surface area contributed by atoms with Crippen LogP contribution in [0.3, 0.4) is 0 Å². The summed E-state index contributed by atoms with van der Waals surface area (Å²) in [6.07, 6.45) is 5.24. The zero-order valence-electron chi connectivity index (χ0n) is 21.4. The van der Waals surface area contributed by atoms with Crippen molar-refractivity contribution in [2.24, 2.45) is 7.05 Å². The Kier molecular flexibility index (Phi) is 6.77. The normalized spacial score (nSPS) is 14.2. The number of hydrogen-bond acceptors (Lipinski definition) is 6. The molecule has 1 aliphatic rings. The van der Waals surface area contributed by atoms with Crippen molar-refractivity contribution in [1.29, 1.82) is 0 Å². The second kappa shape index (κ2) is 10.0. The van der Waals surface area contributed by atoms with E-state index in [1.165, 1.54) is 6.33 Å². The molecule has 2 aromatic carbocycles. The molecule has 2 aromatic heterocycles. The molecule has 196 valence electrons. The Labute approximate surface area is 221 Å². The van der Waals surface area contributed by atoms with Gasteiger partial charge < -0.3 is 15.6 Å². The Morgan fingerprint density at radius 2 is 1.66 bits per heavy atom. The average molecular weight is 531 g/mol. The van der Waals surface area contributed by atoms with E-state index < -0.39 is 10.0 Å². The number of hydrogen-bond donors (Lipinski definition) is 3. The van der Waals surface area contributed by atoms with Gasteiger partial charge in [-0.25, -0.2) is 23.1 Å². The maximum absolute atomic E-state index is 13.0. The van der Waals surface area contributed by atoms with E-state index in [9.17, 15) is 13.2 Å². The number of carbonyl (C=O) groups is 1. The number of aryl methyl sites for hydroxylation is 1. The van der Waals surface area contributed by atoms with Crippen molar-refractivity contribution in [2.45, 2.75) is 43.5 Å². The fraction of sp³-hybridized carbons (Fsp3) is 0.250. The first-order valence-electron chi connectivity index (χ1n) is 12.4. The van der Waals surface area contributed by atoms with Gasteiger partial charge in [0.15, 0.2) is 0 Å². The highest BCUT2D eigenvalue weighted by molar-refractivity contribution is 7.89. The molecule has 0 unspecified atom stereocenters. The van der Waals surface area contributed by atoms with E-state index in [4.69, 9.17) is 5.73 Å². The van der Waals surface area contributed by atoms with Crippen LogP contribution in [0.4, 0.5) is 11.5 Å². The zero-order chi connectivity index (χ0) is 27.0.